The minimum Gasteiger partial charge on any atom is -0.497 e. The number of carbonyl (C=O) groups excluding carboxylic acids is 1. The van der Waals surface area contributed by atoms with Crippen LogP contribution in [-0.4, -0.2) is 55.2 Å². The third-order valence-electron chi connectivity index (χ3n) is 6.35. The maximum atomic E-state index is 13.7. The smallest absolute Gasteiger partial charge is 0.258 e. The van der Waals surface area contributed by atoms with Gasteiger partial charge in [-0.05, 0) is 61.6 Å². The van der Waals surface area contributed by atoms with Gasteiger partial charge in [0.15, 0.2) is 0 Å². The molecule has 3 unspecified atom stereocenters. The molecule has 3 heterocycles. The molecule has 0 aliphatic carbocycles. The van der Waals surface area contributed by atoms with E-state index in [4.69, 9.17) is 9.47 Å². The van der Waals surface area contributed by atoms with Gasteiger partial charge in [0.1, 0.15) is 11.5 Å². The predicted molar refractivity (Wildman–Crippen MR) is 115 cm³/mol. The zero-order valence-electron chi connectivity index (χ0n) is 17.9. The standard InChI is InChI=1S/C23H30N4O3/c1-15-13-24-10-9-17(15)19-14-25-26-22(19)20-6-4-5-11-27(20)23(28)18-12-16(29-2)7-8-21(18)30-3/h7-10,12-13,19-20,22,25-26H,4-6,11,14H2,1-3H3. The third-order valence-corrected chi connectivity index (χ3v) is 6.35. The number of nitrogens with zero attached hydrogens (tertiary/aromatic N) is 2. The van der Waals surface area contributed by atoms with E-state index >= 15 is 0 Å². The molecule has 0 radical (unpaired) electrons. The first kappa shape index (κ1) is 20.6. The van der Waals surface area contributed by atoms with Gasteiger partial charge in [-0.2, -0.15) is 0 Å². The second kappa shape index (κ2) is 9.02. The van der Waals surface area contributed by atoms with E-state index in [9.17, 15) is 4.79 Å². The van der Waals surface area contributed by atoms with Gasteiger partial charge in [-0.1, -0.05) is 0 Å². The van der Waals surface area contributed by atoms with Crippen molar-refractivity contribution in [2.24, 2.45) is 0 Å². The lowest BCUT2D eigenvalue weighted by Crippen LogP contribution is -2.55. The fourth-order valence-electron chi connectivity index (χ4n) is 4.80. The van der Waals surface area contributed by atoms with Gasteiger partial charge in [-0.25, -0.2) is 0 Å². The Labute approximate surface area is 177 Å². The number of piperidine rings is 1. The Hall–Kier alpha value is -2.64. The topological polar surface area (TPSA) is 75.7 Å². The lowest BCUT2D eigenvalue weighted by Gasteiger charge is -2.41. The average Bonchev–Trinajstić information content (AvgIpc) is 3.28. The van der Waals surface area contributed by atoms with Crippen molar-refractivity contribution in [2.45, 2.75) is 44.2 Å². The molecular weight excluding hydrogens is 380 g/mol. The zero-order valence-corrected chi connectivity index (χ0v) is 17.9. The highest BCUT2D eigenvalue weighted by atomic mass is 16.5. The summed E-state index contributed by atoms with van der Waals surface area (Å²) in [5, 5.41) is 0. The number of hydrazine groups is 1. The molecule has 2 aromatic rings. The first-order valence-electron chi connectivity index (χ1n) is 10.6. The SMILES string of the molecule is COc1ccc(OC)c(C(=O)N2CCCCC2C2NNCC2c2ccncc2C)c1. The molecule has 1 aromatic heterocycles. The lowest BCUT2D eigenvalue weighted by atomic mass is 9.83. The lowest BCUT2D eigenvalue weighted by molar-refractivity contribution is 0.0547. The van der Waals surface area contributed by atoms with Crippen LogP contribution in [-0.2, 0) is 0 Å². The number of methoxy groups -OCH3 is 2. The van der Waals surface area contributed by atoms with E-state index in [2.05, 4.69) is 28.8 Å². The molecule has 2 saturated heterocycles. The monoisotopic (exact) mass is 410 g/mol. The molecule has 1 aromatic carbocycles. The maximum absolute atomic E-state index is 13.7. The van der Waals surface area contributed by atoms with E-state index in [0.717, 1.165) is 32.4 Å². The molecule has 7 heteroatoms. The molecule has 2 N–H and O–H groups in total. The fourth-order valence-corrected chi connectivity index (χ4v) is 4.80. The Bertz CT molecular complexity index is 904. The van der Waals surface area contributed by atoms with Crippen molar-refractivity contribution in [1.82, 2.24) is 20.7 Å². The minimum atomic E-state index is -0.00523. The van der Waals surface area contributed by atoms with E-state index < -0.39 is 0 Å². The molecule has 30 heavy (non-hydrogen) atoms. The van der Waals surface area contributed by atoms with E-state index in [1.807, 2.05) is 23.4 Å². The van der Waals surface area contributed by atoms with Gasteiger partial charge in [-0.3, -0.25) is 20.6 Å². The quantitative estimate of drug-likeness (QED) is 0.789. The summed E-state index contributed by atoms with van der Waals surface area (Å²) in [7, 11) is 3.20. The molecule has 2 aliphatic heterocycles. The third kappa shape index (κ3) is 3.87. The summed E-state index contributed by atoms with van der Waals surface area (Å²) >= 11 is 0. The van der Waals surface area contributed by atoms with Crippen LogP contribution in [0, 0.1) is 6.92 Å². The van der Waals surface area contributed by atoms with Gasteiger partial charge in [-0.15, -0.1) is 0 Å². The predicted octanol–water partition coefficient (Wildman–Crippen LogP) is 2.66. The van der Waals surface area contributed by atoms with Gasteiger partial charge in [0, 0.05) is 43.5 Å². The molecule has 7 nitrogen and oxygen atoms in total. The first-order valence-corrected chi connectivity index (χ1v) is 10.6. The van der Waals surface area contributed by atoms with Crippen LogP contribution in [0.15, 0.2) is 36.7 Å². The van der Waals surface area contributed by atoms with Crippen molar-refractivity contribution < 1.29 is 14.3 Å². The zero-order chi connectivity index (χ0) is 21.1. The highest BCUT2D eigenvalue weighted by molar-refractivity contribution is 5.97. The molecule has 0 saturated carbocycles. The Morgan fingerprint density at radius 1 is 1.20 bits per heavy atom. The summed E-state index contributed by atoms with van der Waals surface area (Å²) in [4.78, 5) is 19.9. The first-order chi connectivity index (χ1) is 14.6. The molecule has 160 valence electrons. The number of aromatic nitrogens is 1. The van der Waals surface area contributed by atoms with Crippen LogP contribution in [0.1, 0.15) is 46.7 Å². The number of hydrogen-bond donors (Lipinski definition) is 2. The molecule has 2 fully saturated rings. The van der Waals surface area contributed by atoms with Gasteiger partial charge in [0.05, 0.1) is 19.8 Å². The molecule has 2 aliphatic rings. The highest BCUT2D eigenvalue weighted by Gasteiger charge is 2.41. The van der Waals surface area contributed by atoms with Gasteiger partial charge in [0.2, 0.25) is 0 Å². The van der Waals surface area contributed by atoms with Crippen molar-refractivity contribution in [3.63, 3.8) is 0 Å². The molecule has 3 atom stereocenters. The van der Waals surface area contributed by atoms with Crippen molar-refractivity contribution in [2.75, 3.05) is 27.3 Å². The number of benzene rings is 1. The Balaban J connectivity index is 1.65. The maximum Gasteiger partial charge on any atom is 0.258 e. The van der Waals surface area contributed by atoms with Crippen LogP contribution in [0.4, 0.5) is 0 Å². The summed E-state index contributed by atoms with van der Waals surface area (Å²) in [5.41, 5.74) is 9.81. The van der Waals surface area contributed by atoms with Crippen LogP contribution in [0.2, 0.25) is 0 Å². The highest BCUT2D eigenvalue weighted by Crippen LogP contribution is 2.34. The summed E-state index contributed by atoms with van der Waals surface area (Å²) < 4.78 is 10.8. The number of nitrogens with one attached hydrogen (secondary N) is 2. The summed E-state index contributed by atoms with van der Waals surface area (Å²) in [6.45, 7) is 3.67. The number of pyridine rings is 1. The van der Waals surface area contributed by atoms with Crippen LogP contribution in [0.25, 0.3) is 0 Å². The van der Waals surface area contributed by atoms with Crippen LogP contribution in [0.3, 0.4) is 0 Å². The molecule has 0 bridgehead atoms. The average molecular weight is 411 g/mol. The molecule has 0 spiro atoms. The Morgan fingerprint density at radius 3 is 2.83 bits per heavy atom. The van der Waals surface area contributed by atoms with Crippen molar-refractivity contribution in [3.8, 4) is 11.5 Å². The largest absolute Gasteiger partial charge is 0.497 e. The van der Waals surface area contributed by atoms with Crippen LogP contribution in [0.5, 0.6) is 11.5 Å². The Morgan fingerprint density at radius 2 is 2.07 bits per heavy atom. The van der Waals surface area contributed by atoms with Crippen LogP contribution >= 0.6 is 0 Å². The fraction of sp³-hybridized carbons (Fsp3) is 0.478. The van der Waals surface area contributed by atoms with Gasteiger partial charge < -0.3 is 14.4 Å². The Kier molecular flexibility index (Phi) is 6.20. The van der Waals surface area contributed by atoms with E-state index in [1.54, 1.807) is 26.4 Å². The molecule has 4 rings (SSSR count). The van der Waals surface area contributed by atoms with Gasteiger partial charge >= 0.3 is 0 Å². The summed E-state index contributed by atoms with van der Waals surface area (Å²) in [5.74, 6) is 1.50. The number of hydrogen-bond acceptors (Lipinski definition) is 6. The number of rotatable bonds is 5. The van der Waals surface area contributed by atoms with Gasteiger partial charge in [0.25, 0.3) is 5.91 Å². The number of ether oxygens (including phenoxy) is 2. The minimum absolute atomic E-state index is 0.00523. The number of carbonyl (C=O) groups is 1. The normalized spacial score (nSPS) is 24.0. The molecular formula is C23H30N4O3. The number of likely N-dealkylation sites (tertiary alicyclic amines) is 1. The number of amides is 1. The van der Waals surface area contributed by atoms with Crippen molar-refractivity contribution >= 4 is 5.91 Å². The van der Waals surface area contributed by atoms with Crippen molar-refractivity contribution in [1.29, 1.82) is 0 Å². The van der Waals surface area contributed by atoms with Crippen molar-refractivity contribution in [3.05, 3.63) is 53.3 Å². The second-order valence-corrected chi connectivity index (χ2v) is 8.02. The second-order valence-electron chi connectivity index (χ2n) is 8.02. The summed E-state index contributed by atoms with van der Waals surface area (Å²) in [6, 6.07) is 7.71. The van der Waals surface area contributed by atoms with Crippen LogP contribution < -0.4 is 20.3 Å². The van der Waals surface area contributed by atoms with E-state index in [-0.39, 0.29) is 23.9 Å². The summed E-state index contributed by atoms with van der Waals surface area (Å²) in [6.07, 6.45) is 6.85. The van der Waals surface area contributed by atoms with E-state index in [1.165, 1.54) is 11.1 Å². The van der Waals surface area contributed by atoms with E-state index in [0.29, 0.717) is 17.1 Å². The number of aryl methyl sites for hydroxylation is 1. The molecule has 1 amide bonds.